The number of rotatable bonds is 2. The highest BCUT2D eigenvalue weighted by Crippen LogP contribution is 2.17. The Morgan fingerprint density at radius 2 is 2.00 bits per heavy atom. The molecule has 0 saturated heterocycles. The van der Waals surface area contributed by atoms with Crippen molar-refractivity contribution in [3.8, 4) is 0 Å². The molecule has 0 bridgehead atoms. The van der Waals surface area contributed by atoms with Crippen molar-refractivity contribution in [1.82, 2.24) is 10.3 Å². The molecule has 112 valence electrons. The second-order valence-corrected chi connectivity index (χ2v) is 10.8. The zero-order valence-electron chi connectivity index (χ0n) is 11.4. The van der Waals surface area contributed by atoms with Crippen molar-refractivity contribution in [2.45, 2.75) is 47.0 Å². The fraction of sp³-hybridized carbons (Fsp3) is 0.571. The van der Waals surface area contributed by atoms with Gasteiger partial charge >= 0.3 is 0 Å². The molecular formula is C14H19FI2N2O. The number of nitrogens with zero attached hydrogens (tertiary/aromatic N) is 1. The first-order valence-corrected chi connectivity index (χ1v) is 9.18. The molecule has 0 spiro atoms. The number of nitrogens with one attached hydrogen (secondary N) is 1. The summed E-state index contributed by atoms with van der Waals surface area (Å²) in [6.07, 6.45) is 6.94. The average Bonchev–Trinajstić information content (AvgIpc) is 2.39. The zero-order chi connectivity index (χ0) is 15.0. The lowest BCUT2D eigenvalue weighted by molar-refractivity contribution is 0.0927. The van der Waals surface area contributed by atoms with Gasteiger partial charge in [0.2, 0.25) is 5.95 Å². The van der Waals surface area contributed by atoms with Gasteiger partial charge in [0.05, 0.1) is 1.93 Å². The van der Waals surface area contributed by atoms with Crippen LogP contribution in [0.2, 0.25) is 0 Å². The minimum atomic E-state index is -0.615. The quantitative estimate of drug-likeness (QED) is 0.367. The van der Waals surface area contributed by atoms with Gasteiger partial charge in [-0.2, -0.15) is 4.39 Å². The van der Waals surface area contributed by atoms with E-state index in [9.17, 15) is 9.18 Å². The van der Waals surface area contributed by atoms with Gasteiger partial charge in [-0.15, -0.1) is 0 Å². The topological polar surface area (TPSA) is 42.0 Å². The van der Waals surface area contributed by atoms with Crippen molar-refractivity contribution in [1.29, 1.82) is 0 Å². The zero-order valence-corrected chi connectivity index (χ0v) is 15.7. The molecule has 0 radical (unpaired) electrons. The Kier molecular flexibility index (Phi) is 8.90. The molecule has 3 nitrogen and oxygen atoms in total. The second kappa shape index (κ2) is 9.86. The number of alkyl halides is 2. The monoisotopic (exact) mass is 504 g/mol. The van der Waals surface area contributed by atoms with Crippen molar-refractivity contribution in [3.05, 3.63) is 29.8 Å². The number of carbonyl (C=O) groups is 1. The van der Waals surface area contributed by atoms with E-state index in [2.05, 4.69) is 62.4 Å². The first-order valence-electron chi connectivity index (χ1n) is 6.69. The van der Waals surface area contributed by atoms with E-state index in [1.165, 1.54) is 18.7 Å². The average molecular weight is 504 g/mol. The first-order chi connectivity index (χ1) is 9.49. The standard InChI is InChI=1S/C12H15FN2O.C2H4I2/c13-11-8-9(6-7-14-11)12(16)15-10-4-2-1-3-5-10;1-2(3)4/h6-8,10H,1-5H2,(H,15,16);2H,1H3. The number of hydrogen-bond donors (Lipinski definition) is 1. The largest absolute Gasteiger partial charge is 0.349 e. The Labute approximate surface area is 146 Å². The molecule has 1 aromatic heterocycles. The number of carbonyl (C=O) groups excluding carboxylic acids is 1. The number of aromatic nitrogens is 1. The van der Waals surface area contributed by atoms with Gasteiger partial charge in [-0.25, -0.2) is 4.98 Å². The predicted octanol–water partition coefficient (Wildman–Crippen LogP) is 4.49. The highest BCUT2D eigenvalue weighted by atomic mass is 127. The van der Waals surface area contributed by atoms with E-state index in [1.807, 2.05) is 0 Å². The molecule has 0 atom stereocenters. The Hall–Kier alpha value is 0.01000. The summed E-state index contributed by atoms with van der Waals surface area (Å²) in [6.45, 7) is 2.14. The molecule has 1 fully saturated rings. The van der Waals surface area contributed by atoms with E-state index in [-0.39, 0.29) is 11.9 Å². The first kappa shape index (κ1) is 18.1. The van der Waals surface area contributed by atoms with Gasteiger partial charge in [-0.3, -0.25) is 4.79 Å². The number of amides is 1. The highest BCUT2D eigenvalue weighted by molar-refractivity contribution is 14.2. The lowest BCUT2D eigenvalue weighted by Crippen LogP contribution is -2.36. The maximum Gasteiger partial charge on any atom is 0.251 e. The summed E-state index contributed by atoms with van der Waals surface area (Å²) in [5, 5.41) is 2.93. The maximum atomic E-state index is 12.8. The van der Waals surface area contributed by atoms with Gasteiger partial charge in [0, 0.05) is 23.9 Å². The normalized spacial score (nSPS) is 15.4. The molecule has 0 aromatic carbocycles. The molecule has 1 amide bonds. The van der Waals surface area contributed by atoms with Gasteiger partial charge in [-0.05, 0) is 25.8 Å². The Bertz CT molecular complexity index is 421. The van der Waals surface area contributed by atoms with Gasteiger partial charge in [0.25, 0.3) is 5.91 Å². The maximum absolute atomic E-state index is 12.8. The molecule has 20 heavy (non-hydrogen) atoms. The third kappa shape index (κ3) is 7.70. The van der Waals surface area contributed by atoms with E-state index < -0.39 is 5.95 Å². The van der Waals surface area contributed by atoms with E-state index in [0.717, 1.165) is 33.7 Å². The molecule has 1 saturated carbocycles. The Morgan fingerprint density at radius 3 is 2.55 bits per heavy atom. The van der Waals surface area contributed by atoms with Crippen LogP contribution < -0.4 is 5.32 Å². The van der Waals surface area contributed by atoms with Crippen LogP contribution in [-0.4, -0.2) is 18.9 Å². The van der Waals surface area contributed by atoms with E-state index >= 15 is 0 Å². The number of hydrogen-bond acceptors (Lipinski definition) is 2. The van der Waals surface area contributed by atoms with E-state index in [4.69, 9.17) is 0 Å². The minimum absolute atomic E-state index is 0.201. The molecule has 1 heterocycles. The molecular weight excluding hydrogens is 485 g/mol. The van der Waals surface area contributed by atoms with Crippen molar-refractivity contribution < 1.29 is 9.18 Å². The summed E-state index contributed by atoms with van der Waals surface area (Å²) in [5.74, 6) is -0.815. The molecule has 1 N–H and O–H groups in total. The van der Waals surface area contributed by atoms with Crippen LogP contribution in [0.5, 0.6) is 0 Å². The van der Waals surface area contributed by atoms with E-state index in [0.29, 0.717) is 5.56 Å². The van der Waals surface area contributed by atoms with Crippen molar-refractivity contribution in [2.24, 2.45) is 0 Å². The van der Waals surface area contributed by atoms with Crippen LogP contribution in [0.3, 0.4) is 0 Å². The van der Waals surface area contributed by atoms with E-state index in [1.54, 1.807) is 0 Å². The molecule has 1 aliphatic carbocycles. The SMILES string of the molecule is CC(I)I.O=C(NC1CCCCC1)c1ccnc(F)c1. The summed E-state index contributed by atoms with van der Waals surface area (Å²) in [7, 11) is 0. The summed E-state index contributed by atoms with van der Waals surface area (Å²) in [4.78, 5) is 15.2. The number of halogens is 3. The molecule has 1 aliphatic rings. The smallest absolute Gasteiger partial charge is 0.251 e. The summed E-state index contributed by atoms with van der Waals surface area (Å²) >= 11 is 4.66. The summed E-state index contributed by atoms with van der Waals surface area (Å²) in [6, 6.07) is 2.94. The van der Waals surface area contributed by atoms with Gasteiger partial charge in [0.15, 0.2) is 0 Å². The van der Waals surface area contributed by atoms with Crippen LogP contribution in [-0.2, 0) is 0 Å². The van der Waals surface area contributed by atoms with Crippen molar-refractivity contribution in [3.63, 3.8) is 0 Å². The Morgan fingerprint density at radius 1 is 1.40 bits per heavy atom. The van der Waals surface area contributed by atoms with Crippen LogP contribution in [0, 0.1) is 5.95 Å². The fourth-order valence-corrected chi connectivity index (χ4v) is 2.06. The minimum Gasteiger partial charge on any atom is -0.349 e. The lowest BCUT2D eigenvalue weighted by Gasteiger charge is -2.22. The third-order valence-electron chi connectivity index (χ3n) is 2.93. The summed E-state index contributed by atoms with van der Waals surface area (Å²) in [5.41, 5.74) is 0.345. The molecule has 0 unspecified atom stereocenters. The van der Waals surface area contributed by atoms with Crippen LogP contribution in [0.4, 0.5) is 4.39 Å². The predicted molar refractivity (Wildman–Crippen MR) is 96.0 cm³/mol. The van der Waals surface area contributed by atoms with Crippen LogP contribution in [0.1, 0.15) is 49.4 Å². The molecule has 0 aliphatic heterocycles. The van der Waals surface area contributed by atoms with Crippen LogP contribution >= 0.6 is 45.2 Å². The Balaban J connectivity index is 0.000000444. The molecule has 1 aromatic rings. The lowest BCUT2D eigenvalue weighted by atomic mass is 9.95. The van der Waals surface area contributed by atoms with Crippen molar-refractivity contribution >= 4 is 51.1 Å². The van der Waals surface area contributed by atoms with Gasteiger partial charge in [-0.1, -0.05) is 64.4 Å². The summed E-state index contributed by atoms with van der Waals surface area (Å²) < 4.78 is 13.6. The van der Waals surface area contributed by atoms with Crippen LogP contribution in [0.15, 0.2) is 18.3 Å². The molecule has 6 heteroatoms. The van der Waals surface area contributed by atoms with Crippen molar-refractivity contribution in [2.75, 3.05) is 0 Å². The van der Waals surface area contributed by atoms with Gasteiger partial charge < -0.3 is 5.32 Å². The number of pyridine rings is 1. The van der Waals surface area contributed by atoms with Crippen LogP contribution in [0.25, 0.3) is 0 Å². The van der Waals surface area contributed by atoms with Gasteiger partial charge in [0.1, 0.15) is 0 Å². The molecule has 2 rings (SSSR count). The third-order valence-corrected chi connectivity index (χ3v) is 2.93. The highest BCUT2D eigenvalue weighted by Gasteiger charge is 2.16. The second-order valence-electron chi connectivity index (χ2n) is 4.69. The fourth-order valence-electron chi connectivity index (χ4n) is 2.06.